The Bertz CT molecular complexity index is 1620. The number of carbonyl (C=O) groups excluding carboxylic acids is 4. The van der Waals surface area contributed by atoms with Crippen molar-refractivity contribution in [2.75, 3.05) is 26.3 Å². The summed E-state index contributed by atoms with van der Waals surface area (Å²) in [6.45, 7) is 20.2. The number of ether oxygens (including phenoxy) is 4. The van der Waals surface area contributed by atoms with E-state index in [9.17, 15) is 19.2 Å². The highest BCUT2D eigenvalue weighted by atomic mass is 16.6. The van der Waals surface area contributed by atoms with Gasteiger partial charge in [-0.15, -0.1) is 0 Å². The van der Waals surface area contributed by atoms with Crippen molar-refractivity contribution in [3.8, 4) is 17.3 Å². The van der Waals surface area contributed by atoms with Gasteiger partial charge in [-0.1, -0.05) is 38.0 Å². The zero-order chi connectivity index (χ0) is 33.7. The molecule has 4 rings (SSSR count). The number of hydrogen-bond donors (Lipinski definition) is 1. The zero-order valence-electron chi connectivity index (χ0n) is 27.3. The summed E-state index contributed by atoms with van der Waals surface area (Å²) in [5.74, 6) is -1.63. The normalized spacial score (nSPS) is 19.3. The van der Waals surface area contributed by atoms with Crippen LogP contribution in [0.4, 0.5) is 10.5 Å². The van der Waals surface area contributed by atoms with Crippen LogP contribution in [-0.2, 0) is 23.8 Å². The van der Waals surface area contributed by atoms with Crippen LogP contribution in [0.15, 0.2) is 18.2 Å². The first kappa shape index (κ1) is 34.0. The van der Waals surface area contributed by atoms with Crippen molar-refractivity contribution in [2.45, 2.75) is 67.4 Å². The Kier molecular flexibility index (Phi) is 10.7. The van der Waals surface area contributed by atoms with Gasteiger partial charge in [0.2, 0.25) is 5.88 Å². The highest BCUT2D eigenvalue weighted by molar-refractivity contribution is 6.05. The Labute approximate surface area is 267 Å². The topological polar surface area (TPSA) is 146 Å². The standard InChI is InChI=1S/C33H41N5O8/c1-9-43-24(39)16-37(17-25(40)44-10-2)33(42)46-31-27(34-8)26(32(41)45-28-21(6)12-20(5)13-22(28)7)30-35-29(36-38(30)31)23-14-18(3)11-19(4)15-23/h11,14-15,20-22,28H,9-10,12-13,16-17H2,1-7H3,(H,35,36). The van der Waals surface area contributed by atoms with Crippen molar-refractivity contribution in [3.63, 3.8) is 0 Å². The van der Waals surface area contributed by atoms with Gasteiger partial charge in [-0.25, -0.2) is 23.9 Å². The summed E-state index contributed by atoms with van der Waals surface area (Å²) >= 11 is 0. The molecule has 2 atom stereocenters. The first-order valence-electron chi connectivity index (χ1n) is 15.5. The molecule has 2 heterocycles. The smallest absolute Gasteiger partial charge is 0.416 e. The zero-order valence-corrected chi connectivity index (χ0v) is 27.3. The lowest BCUT2D eigenvalue weighted by Gasteiger charge is -2.37. The van der Waals surface area contributed by atoms with Gasteiger partial charge in [0.15, 0.2) is 11.5 Å². The molecule has 1 aromatic carbocycles. The maximum atomic E-state index is 13.9. The molecule has 2 unspecified atom stereocenters. The number of nitrogens with zero attached hydrogens (tertiary/aromatic N) is 4. The van der Waals surface area contributed by atoms with Crippen molar-refractivity contribution < 1.29 is 38.1 Å². The second kappa shape index (κ2) is 14.5. The van der Waals surface area contributed by atoms with Gasteiger partial charge in [-0.2, -0.15) is 0 Å². The molecular weight excluding hydrogens is 594 g/mol. The Morgan fingerprint density at radius 3 is 2.07 bits per heavy atom. The molecule has 0 radical (unpaired) electrons. The predicted molar refractivity (Wildman–Crippen MR) is 168 cm³/mol. The van der Waals surface area contributed by atoms with Crippen molar-refractivity contribution in [3.05, 3.63) is 46.3 Å². The fourth-order valence-electron chi connectivity index (χ4n) is 6.27. The van der Waals surface area contributed by atoms with Crippen LogP contribution < -0.4 is 4.74 Å². The molecule has 13 heteroatoms. The third-order valence-corrected chi connectivity index (χ3v) is 7.93. The van der Waals surface area contributed by atoms with Gasteiger partial charge in [0.25, 0.3) is 5.69 Å². The van der Waals surface area contributed by atoms with E-state index in [4.69, 9.17) is 25.5 Å². The van der Waals surface area contributed by atoms with Gasteiger partial charge in [-0.05, 0) is 70.4 Å². The van der Waals surface area contributed by atoms with Crippen LogP contribution in [0.3, 0.4) is 0 Å². The summed E-state index contributed by atoms with van der Waals surface area (Å²) in [5.41, 5.74) is 2.22. The van der Waals surface area contributed by atoms with E-state index in [0.29, 0.717) is 17.3 Å². The summed E-state index contributed by atoms with van der Waals surface area (Å²) in [7, 11) is 0. The van der Waals surface area contributed by atoms with E-state index in [2.05, 4.69) is 21.9 Å². The number of H-pyrrole nitrogens is 1. The lowest BCUT2D eigenvalue weighted by molar-refractivity contribution is -0.147. The highest BCUT2D eigenvalue weighted by Gasteiger charge is 2.38. The number of aromatic amines is 1. The molecule has 0 bridgehead atoms. The second-order valence-electron chi connectivity index (χ2n) is 12.0. The van der Waals surface area contributed by atoms with Crippen LogP contribution in [0.1, 0.15) is 68.9 Å². The first-order chi connectivity index (χ1) is 21.9. The Balaban J connectivity index is 1.80. The van der Waals surface area contributed by atoms with Crippen LogP contribution in [0.2, 0.25) is 0 Å². The van der Waals surface area contributed by atoms with Crippen LogP contribution in [0.25, 0.3) is 21.9 Å². The molecule has 3 aromatic rings. The predicted octanol–water partition coefficient (Wildman–Crippen LogP) is 5.65. The van der Waals surface area contributed by atoms with E-state index in [1.807, 2.05) is 45.9 Å². The minimum absolute atomic E-state index is 0.0276. The summed E-state index contributed by atoms with van der Waals surface area (Å²) in [4.78, 5) is 61.0. The minimum Gasteiger partial charge on any atom is -0.465 e. The average Bonchev–Trinajstić information content (AvgIpc) is 3.52. The largest absolute Gasteiger partial charge is 0.465 e. The summed E-state index contributed by atoms with van der Waals surface area (Å²) in [5, 5.41) is 3.05. The molecular formula is C33H41N5O8. The molecule has 1 fully saturated rings. The molecule has 2 aromatic heterocycles. The fourth-order valence-corrected chi connectivity index (χ4v) is 6.27. The summed E-state index contributed by atoms with van der Waals surface area (Å²) in [6, 6.07) is 5.80. The van der Waals surface area contributed by atoms with Gasteiger partial charge < -0.3 is 18.9 Å². The number of amides is 1. The molecule has 0 saturated heterocycles. The number of fused-ring (bicyclic) bond motifs is 1. The van der Waals surface area contributed by atoms with Crippen molar-refractivity contribution >= 4 is 35.3 Å². The number of rotatable bonds is 10. The summed E-state index contributed by atoms with van der Waals surface area (Å²) < 4.78 is 22.9. The molecule has 1 amide bonds. The van der Waals surface area contributed by atoms with Crippen LogP contribution >= 0.6 is 0 Å². The molecule has 0 spiro atoms. The average molecular weight is 636 g/mol. The van der Waals surface area contributed by atoms with Crippen molar-refractivity contribution in [1.82, 2.24) is 19.5 Å². The fraction of sp³-hybridized carbons (Fsp3) is 0.515. The third-order valence-electron chi connectivity index (χ3n) is 7.93. The molecule has 46 heavy (non-hydrogen) atoms. The molecule has 1 saturated carbocycles. The summed E-state index contributed by atoms with van der Waals surface area (Å²) in [6.07, 6.45) is 0.256. The molecule has 1 N–H and O–H groups in total. The molecule has 13 nitrogen and oxygen atoms in total. The maximum Gasteiger partial charge on any atom is 0.416 e. The molecule has 0 aliphatic heterocycles. The number of esters is 3. The highest BCUT2D eigenvalue weighted by Crippen LogP contribution is 2.41. The van der Waals surface area contributed by atoms with E-state index in [1.54, 1.807) is 13.8 Å². The van der Waals surface area contributed by atoms with Gasteiger partial charge >= 0.3 is 24.0 Å². The number of carbonyl (C=O) groups is 4. The maximum absolute atomic E-state index is 13.9. The quantitative estimate of drug-likeness (QED) is 0.170. The number of aromatic nitrogens is 3. The lowest BCUT2D eigenvalue weighted by atomic mass is 9.75. The minimum atomic E-state index is -1.14. The Morgan fingerprint density at radius 1 is 0.978 bits per heavy atom. The van der Waals surface area contributed by atoms with E-state index in [1.165, 1.54) is 4.52 Å². The van der Waals surface area contributed by atoms with E-state index in [-0.39, 0.29) is 53.9 Å². The Hall–Kier alpha value is -4.86. The van der Waals surface area contributed by atoms with Crippen LogP contribution in [0.5, 0.6) is 5.88 Å². The number of hydrogen-bond acceptors (Lipinski definition) is 9. The number of aryl methyl sites for hydroxylation is 2. The van der Waals surface area contributed by atoms with E-state index < -0.39 is 37.1 Å². The van der Waals surface area contributed by atoms with E-state index >= 15 is 0 Å². The van der Waals surface area contributed by atoms with Gasteiger partial charge in [0.05, 0.1) is 19.8 Å². The molecule has 1 aliphatic rings. The van der Waals surface area contributed by atoms with Gasteiger partial charge in [0.1, 0.15) is 24.8 Å². The van der Waals surface area contributed by atoms with Crippen LogP contribution in [-0.4, -0.2) is 75.9 Å². The lowest BCUT2D eigenvalue weighted by Crippen LogP contribution is -2.42. The van der Waals surface area contributed by atoms with Crippen LogP contribution in [0, 0.1) is 38.2 Å². The number of benzene rings is 1. The number of nitrogens with one attached hydrogen (secondary N) is 1. The van der Waals surface area contributed by atoms with Gasteiger partial charge in [0, 0.05) is 5.56 Å². The SMILES string of the molecule is [C-]#[N+]c1c(C(=O)OC2C(C)CC(C)CC2C)c2nc(-c3cc(C)cc(C)c3)[nH]n2c1OC(=O)N(CC(=O)OCC)CC(=O)OCC. The van der Waals surface area contributed by atoms with Crippen molar-refractivity contribution in [1.29, 1.82) is 0 Å². The monoisotopic (exact) mass is 635 g/mol. The Morgan fingerprint density at radius 2 is 1.54 bits per heavy atom. The first-order valence-corrected chi connectivity index (χ1v) is 15.5. The molecule has 1 aliphatic carbocycles. The molecule has 246 valence electrons. The third kappa shape index (κ3) is 7.50. The second-order valence-corrected chi connectivity index (χ2v) is 12.0. The van der Waals surface area contributed by atoms with Gasteiger partial charge in [-0.3, -0.25) is 19.6 Å². The van der Waals surface area contributed by atoms with E-state index in [0.717, 1.165) is 28.9 Å². The van der Waals surface area contributed by atoms with Crippen molar-refractivity contribution in [2.24, 2.45) is 17.8 Å².